The van der Waals surface area contributed by atoms with Gasteiger partial charge in [0.05, 0.1) is 18.4 Å². The first-order valence-electron chi connectivity index (χ1n) is 6.29. The molecule has 3 aromatic rings. The first kappa shape index (κ1) is 14.1. The van der Waals surface area contributed by atoms with Crippen molar-refractivity contribution in [1.29, 1.82) is 0 Å². The molecule has 21 heavy (non-hydrogen) atoms. The van der Waals surface area contributed by atoms with E-state index < -0.39 is 5.60 Å². The van der Waals surface area contributed by atoms with Crippen LogP contribution in [0.1, 0.15) is 20.8 Å². The number of aliphatic hydroxyl groups is 1. The molecule has 0 saturated heterocycles. The lowest BCUT2D eigenvalue weighted by Crippen LogP contribution is -2.40. The standard InChI is InChI=1S/C15H13NO3S2/c17-14(11-3-5-19-8-11)16-10-15(18,12-4-7-20-9-12)13-2-1-6-21-13/h1-9,18H,10H2,(H,16,17)/t15-/m1/s1. The summed E-state index contributed by atoms with van der Waals surface area (Å²) in [6.07, 6.45) is 2.82. The van der Waals surface area contributed by atoms with Crippen LogP contribution < -0.4 is 5.32 Å². The highest BCUT2D eigenvalue weighted by Gasteiger charge is 2.33. The molecule has 0 aliphatic rings. The van der Waals surface area contributed by atoms with Crippen molar-refractivity contribution >= 4 is 28.6 Å². The number of hydrogen-bond donors (Lipinski definition) is 2. The number of amides is 1. The van der Waals surface area contributed by atoms with Gasteiger partial charge in [0.15, 0.2) is 0 Å². The van der Waals surface area contributed by atoms with Crippen LogP contribution in [0.15, 0.2) is 57.3 Å². The largest absolute Gasteiger partial charge is 0.472 e. The Labute approximate surface area is 129 Å². The van der Waals surface area contributed by atoms with E-state index in [1.165, 1.54) is 35.2 Å². The van der Waals surface area contributed by atoms with Crippen LogP contribution in [0.5, 0.6) is 0 Å². The topological polar surface area (TPSA) is 62.5 Å². The molecule has 3 rings (SSSR count). The average molecular weight is 319 g/mol. The van der Waals surface area contributed by atoms with Crippen molar-refractivity contribution in [1.82, 2.24) is 5.32 Å². The minimum absolute atomic E-state index is 0.105. The summed E-state index contributed by atoms with van der Waals surface area (Å²) in [7, 11) is 0. The summed E-state index contributed by atoms with van der Waals surface area (Å²) in [4.78, 5) is 12.8. The Kier molecular flexibility index (Phi) is 3.92. The highest BCUT2D eigenvalue weighted by molar-refractivity contribution is 7.10. The van der Waals surface area contributed by atoms with Crippen LogP contribution in [-0.4, -0.2) is 17.6 Å². The third kappa shape index (κ3) is 2.78. The maximum Gasteiger partial charge on any atom is 0.254 e. The van der Waals surface area contributed by atoms with Gasteiger partial charge in [0.2, 0.25) is 0 Å². The molecule has 2 N–H and O–H groups in total. The SMILES string of the molecule is O=C(NC[C@@](O)(c1ccsc1)c1cccs1)c1ccoc1. The fourth-order valence-corrected chi connectivity index (χ4v) is 3.62. The van der Waals surface area contributed by atoms with Gasteiger partial charge in [0, 0.05) is 10.4 Å². The molecule has 1 amide bonds. The molecule has 1 atom stereocenters. The van der Waals surface area contributed by atoms with Crippen LogP contribution in [0.2, 0.25) is 0 Å². The number of thiophene rings is 2. The van der Waals surface area contributed by atoms with E-state index in [9.17, 15) is 9.90 Å². The summed E-state index contributed by atoms with van der Waals surface area (Å²) in [5.41, 5.74) is 0.00407. The first-order valence-corrected chi connectivity index (χ1v) is 8.12. The molecule has 0 spiro atoms. The van der Waals surface area contributed by atoms with Gasteiger partial charge < -0.3 is 14.8 Å². The molecule has 6 heteroatoms. The molecule has 3 aromatic heterocycles. The summed E-state index contributed by atoms with van der Waals surface area (Å²) < 4.78 is 4.89. The number of hydrogen-bond acceptors (Lipinski definition) is 5. The van der Waals surface area contributed by atoms with Crippen molar-refractivity contribution in [3.63, 3.8) is 0 Å². The van der Waals surface area contributed by atoms with Crippen molar-refractivity contribution in [3.05, 3.63) is 68.9 Å². The molecule has 0 aliphatic heterocycles. The zero-order valence-electron chi connectivity index (χ0n) is 11.0. The van der Waals surface area contributed by atoms with Crippen molar-refractivity contribution in [2.75, 3.05) is 6.54 Å². The summed E-state index contributed by atoms with van der Waals surface area (Å²) in [5.74, 6) is -0.269. The molecule has 0 unspecified atom stereocenters. The summed E-state index contributed by atoms with van der Waals surface area (Å²) in [5, 5.41) is 19.5. The molecule has 3 heterocycles. The number of carbonyl (C=O) groups excluding carboxylic acids is 1. The van der Waals surface area contributed by atoms with Gasteiger partial charge in [-0.3, -0.25) is 4.79 Å². The van der Waals surface area contributed by atoms with Crippen LogP contribution in [0, 0.1) is 0 Å². The molecular weight excluding hydrogens is 306 g/mol. The van der Waals surface area contributed by atoms with Crippen molar-refractivity contribution < 1.29 is 14.3 Å². The maximum absolute atomic E-state index is 12.0. The second-order valence-electron chi connectivity index (χ2n) is 4.54. The minimum atomic E-state index is -1.21. The Balaban J connectivity index is 1.83. The Morgan fingerprint density at radius 2 is 2.24 bits per heavy atom. The molecule has 0 aliphatic carbocycles. The van der Waals surface area contributed by atoms with Crippen LogP contribution in [0.4, 0.5) is 0 Å². The van der Waals surface area contributed by atoms with Gasteiger partial charge >= 0.3 is 0 Å². The highest BCUT2D eigenvalue weighted by atomic mass is 32.1. The van der Waals surface area contributed by atoms with Gasteiger partial charge in [-0.25, -0.2) is 0 Å². The number of carbonyl (C=O) groups is 1. The monoisotopic (exact) mass is 319 g/mol. The number of nitrogens with one attached hydrogen (secondary N) is 1. The second kappa shape index (κ2) is 5.85. The van der Waals surface area contributed by atoms with E-state index in [-0.39, 0.29) is 12.5 Å². The van der Waals surface area contributed by atoms with Gasteiger partial charge in [-0.2, -0.15) is 11.3 Å². The molecule has 0 aromatic carbocycles. The Morgan fingerprint density at radius 1 is 1.33 bits per heavy atom. The van der Waals surface area contributed by atoms with E-state index in [1.54, 1.807) is 6.07 Å². The lowest BCUT2D eigenvalue weighted by molar-refractivity contribution is 0.0720. The molecule has 4 nitrogen and oxygen atoms in total. The van der Waals surface area contributed by atoms with Crippen LogP contribution in [0.3, 0.4) is 0 Å². The Bertz CT molecular complexity index is 653. The fraction of sp³-hybridized carbons (Fsp3) is 0.133. The van der Waals surface area contributed by atoms with Gasteiger partial charge in [0.1, 0.15) is 11.9 Å². The van der Waals surface area contributed by atoms with Crippen molar-refractivity contribution in [2.24, 2.45) is 0 Å². The first-order chi connectivity index (χ1) is 10.2. The number of furan rings is 1. The average Bonchev–Trinajstić information content (AvgIpc) is 3.27. The van der Waals surface area contributed by atoms with E-state index in [2.05, 4.69) is 5.32 Å². The lowest BCUT2D eigenvalue weighted by atomic mass is 9.94. The van der Waals surface area contributed by atoms with Gasteiger partial charge in [0.25, 0.3) is 5.91 Å². The Morgan fingerprint density at radius 3 is 2.86 bits per heavy atom. The predicted octanol–water partition coefficient (Wildman–Crippen LogP) is 3.07. The van der Waals surface area contributed by atoms with E-state index in [4.69, 9.17) is 4.42 Å². The molecule has 0 fully saturated rings. The predicted molar refractivity (Wildman–Crippen MR) is 82.7 cm³/mol. The maximum atomic E-state index is 12.0. The van der Waals surface area contributed by atoms with Gasteiger partial charge in [-0.15, -0.1) is 11.3 Å². The summed E-state index contributed by atoms with van der Waals surface area (Å²) in [6.45, 7) is 0.105. The van der Waals surface area contributed by atoms with Crippen molar-refractivity contribution in [3.8, 4) is 0 Å². The molecule has 0 radical (unpaired) electrons. The van der Waals surface area contributed by atoms with Crippen LogP contribution >= 0.6 is 22.7 Å². The normalized spacial score (nSPS) is 13.8. The molecular formula is C15H13NO3S2. The third-order valence-corrected chi connectivity index (χ3v) is 4.92. The quantitative estimate of drug-likeness (QED) is 0.760. The zero-order chi connectivity index (χ0) is 14.7. The zero-order valence-corrected chi connectivity index (χ0v) is 12.6. The van der Waals surface area contributed by atoms with E-state index in [0.29, 0.717) is 5.56 Å². The molecule has 108 valence electrons. The second-order valence-corrected chi connectivity index (χ2v) is 6.27. The van der Waals surface area contributed by atoms with Crippen molar-refractivity contribution in [2.45, 2.75) is 5.60 Å². The van der Waals surface area contributed by atoms with Crippen LogP contribution in [0.25, 0.3) is 0 Å². The highest BCUT2D eigenvalue weighted by Crippen LogP contribution is 2.33. The van der Waals surface area contributed by atoms with Gasteiger partial charge in [-0.1, -0.05) is 6.07 Å². The Hall–Kier alpha value is -1.89. The summed E-state index contributed by atoms with van der Waals surface area (Å²) >= 11 is 2.97. The van der Waals surface area contributed by atoms with E-state index in [0.717, 1.165) is 10.4 Å². The van der Waals surface area contributed by atoms with E-state index in [1.807, 2.05) is 34.3 Å². The smallest absolute Gasteiger partial charge is 0.254 e. The minimum Gasteiger partial charge on any atom is -0.472 e. The molecule has 0 bridgehead atoms. The lowest BCUT2D eigenvalue weighted by Gasteiger charge is -2.26. The fourth-order valence-electron chi connectivity index (χ4n) is 2.05. The molecule has 0 saturated carbocycles. The number of rotatable bonds is 5. The summed E-state index contributed by atoms with van der Waals surface area (Å²) in [6, 6.07) is 7.21. The third-order valence-electron chi connectivity index (χ3n) is 3.22. The van der Waals surface area contributed by atoms with Gasteiger partial charge in [-0.05, 0) is 34.3 Å². The van der Waals surface area contributed by atoms with E-state index >= 15 is 0 Å². The van der Waals surface area contributed by atoms with Crippen LogP contribution in [-0.2, 0) is 5.60 Å².